The van der Waals surface area contributed by atoms with Crippen LogP contribution in [-0.4, -0.2) is 14.3 Å². The second kappa shape index (κ2) is 5.28. The second-order valence-electron chi connectivity index (χ2n) is 3.93. The fraction of sp³-hybridized carbons (Fsp3) is 0.182. The highest BCUT2D eigenvalue weighted by Crippen LogP contribution is 2.17. The van der Waals surface area contributed by atoms with Gasteiger partial charge in [0, 0.05) is 11.8 Å². The molecule has 1 aromatic rings. The van der Waals surface area contributed by atoms with Crippen molar-refractivity contribution in [3.05, 3.63) is 35.7 Å². The van der Waals surface area contributed by atoms with E-state index in [1.807, 2.05) is 0 Å². The number of sulfonamides is 1. The maximum absolute atomic E-state index is 13.2. The van der Waals surface area contributed by atoms with Crippen molar-refractivity contribution in [1.82, 2.24) is 0 Å². The summed E-state index contributed by atoms with van der Waals surface area (Å²) in [6.07, 6.45) is 1.31. The van der Waals surface area contributed by atoms with E-state index in [4.69, 9.17) is 5.14 Å². The lowest BCUT2D eigenvalue weighted by atomic mass is 10.3. The second-order valence-corrected chi connectivity index (χ2v) is 5.49. The van der Waals surface area contributed by atoms with Crippen molar-refractivity contribution in [2.75, 3.05) is 5.32 Å². The van der Waals surface area contributed by atoms with E-state index in [-0.39, 0.29) is 5.69 Å². The van der Waals surface area contributed by atoms with Crippen LogP contribution >= 0.6 is 0 Å². The summed E-state index contributed by atoms with van der Waals surface area (Å²) in [5, 5.41) is 7.24. The molecule has 0 fully saturated rings. The van der Waals surface area contributed by atoms with Crippen LogP contribution in [0.4, 0.5) is 10.1 Å². The van der Waals surface area contributed by atoms with Crippen molar-refractivity contribution in [2.24, 2.45) is 5.14 Å². The smallest absolute Gasteiger partial charge is 0.248 e. The van der Waals surface area contributed by atoms with Crippen molar-refractivity contribution < 1.29 is 17.6 Å². The first kappa shape index (κ1) is 14.3. The van der Waals surface area contributed by atoms with Gasteiger partial charge in [-0.05, 0) is 32.0 Å². The lowest BCUT2D eigenvalue weighted by Crippen LogP contribution is -2.14. The van der Waals surface area contributed by atoms with Crippen LogP contribution in [0.2, 0.25) is 0 Å². The van der Waals surface area contributed by atoms with E-state index < -0.39 is 26.6 Å². The third-order valence-electron chi connectivity index (χ3n) is 1.89. The molecule has 3 N–H and O–H groups in total. The average molecular weight is 272 g/mol. The molecule has 1 amide bonds. The predicted molar refractivity (Wildman–Crippen MR) is 65.8 cm³/mol. The highest BCUT2D eigenvalue weighted by Gasteiger charge is 2.11. The molecule has 0 unspecified atom stereocenters. The molecule has 0 bridgehead atoms. The zero-order valence-corrected chi connectivity index (χ0v) is 10.7. The number of rotatable bonds is 3. The number of carbonyl (C=O) groups excluding carboxylic acids is 1. The van der Waals surface area contributed by atoms with Gasteiger partial charge < -0.3 is 5.32 Å². The zero-order chi connectivity index (χ0) is 13.9. The first-order valence-corrected chi connectivity index (χ1v) is 6.52. The van der Waals surface area contributed by atoms with Gasteiger partial charge in [-0.2, -0.15) is 0 Å². The molecule has 0 spiro atoms. The number of anilines is 1. The molecule has 98 valence electrons. The zero-order valence-electron chi connectivity index (χ0n) is 9.90. The highest BCUT2D eigenvalue weighted by molar-refractivity contribution is 7.89. The normalized spacial score (nSPS) is 10.9. The van der Waals surface area contributed by atoms with Gasteiger partial charge in [0.15, 0.2) is 0 Å². The van der Waals surface area contributed by atoms with Gasteiger partial charge in [-0.1, -0.05) is 5.57 Å². The Bertz CT molecular complexity index is 605. The highest BCUT2D eigenvalue weighted by atomic mass is 32.2. The van der Waals surface area contributed by atoms with Crippen LogP contribution in [0.5, 0.6) is 0 Å². The Balaban J connectivity index is 3.09. The molecule has 0 aliphatic heterocycles. The van der Waals surface area contributed by atoms with E-state index in [9.17, 15) is 17.6 Å². The van der Waals surface area contributed by atoms with E-state index in [1.54, 1.807) is 13.8 Å². The van der Waals surface area contributed by atoms with Gasteiger partial charge >= 0.3 is 0 Å². The standard InChI is InChI=1S/C11H13FN2O3S/c1-7(2)3-11(15)14-9-4-8(12)5-10(6-9)18(13,16)17/h3-6H,1-2H3,(H,14,15)(H2,13,16,17). The molecule has 0 saturated heterocycles. The molecule has 0 radical (unpaired) electrons. The Hall–Kier alpha value is -1.73. The molecular weight excluding hydrogens is 259 g/mol. The van der Waals surface area contributed by atoms with E-state index >= 15 is 0 Å². The quantitative estimate of drug-likeness (QED) is 0.814. The van der Waals surface area contributed by atoms with Crippen LogP contribution in [0.15, 0.2) is 34.7 Å². The van der Waals surface area contributed by atoms with Gasteiger partial charge in [-0.15, -0.1) is 0 Å². The number of nitrogens with one attached hydrogen (secondary N) is 1. The summed E-state index contributed by atoms with van der Waals surface area (Å²) in [4.78, 5) is 11.0. The fourth-order valence-corrected chi connectivity index (χ4v) is 1.81. The lowest BCUT2D eigenvalue weighted by molar-refractivity contribution is -0.111. The summed E-state index contributed by atoms with van der Waals surface area (Å²) in [6.45, 7) is 3.45. The molecule has 0 atom stereocenters. The number of halogens is 1. The third-order valence-corrected chi connectivity index (χ3v) is 2.78. The van der Waals surface area contributed by atoms with Crippen LogP contribution in [0.25, 0.3) is 0 Å². The Morgan fingerprint density at radius 2 is 1.94 bits per heavy atom. The molecule has 5 nitrogen and oxygen atoms in total. The first-order valence-electron chi connectivity index (χ1n) is 4.98. The fourth-order valence-electron chi connectivity index (χ4n) is 1.24. The topological polar surface area (TPSA) is 89.3 Å². The van der Waals surface area contributed by atoms with Gasteiger partial charge in [0.25, 0.3) is 0 Å². The number of benzene rings is 1. The van der Waals surface area contributed by atoms with Crippen molar-refractivity contribution in [2.45, 2.75) is 18.7 Å². The number of nitrogens with two attached hydrogens (primary N) is 1. The molecular formula is C11H13FN2O3S. The Kier molecular flexibility index (Phi) is 4.20. The maximum Gasteiger partial charge on any atom is 0.248 e. The largest absolute Gasteiger partial charge is 0.322 e. The molecule has 18 heavy (non-hydrogen) atoms. The van der Waals surface area contributed by atoms with E-state index in [2.05, 4.69) is 5.32 Å². The molecule has 7 heteroatoms. The number of primary sulfonamides is 1. The molecule has 0 heterocycles. The molecule has 0 aliphatic carbocycles. The van der Waals surface area contributed by atoms with Crippen LogP contribution in [0.3, 0.4) is 0 Å². The van der Waals surface area contributed by atoms with Gasteiger partial charge in [-0.25, -0.2) is 17.9 Å². The summed E-state index contributed by atoms with van der Waals surface area (Å²) in [5.41, 5.74) is 0.789. The Labute approximate surface area is 105 Å². The average Bonchev–Trinajstić information content (AvgIpc) is 2.13. The number of allylic oxidation sites excluding steroid dienone is 1. The number of amides is 1. The summed E-state index contributed by atoms with van der Waals surface area (Å²) in [6, 6.07) is 2.88. The van der Waals surface area contributed by atoms with Crippen molar-refractivity contribution in [3.8, 4) is 0 Å². The molecule has 0 aromatic heterocycles. The Morgan fingerprint density at radius 1 is 1.33 bits per heavy atom. The minimum Gasteiger partial charge on any atom is -0.322 e. The lowest BCUT2D eigenvalue weighted by Gasteiger charge is -2.05. The van der Waals surface area contributed by atoms with E-state index in [1.165, 1.54) is 6.08 Å². The predicted octanol–water partition coefficient (Wildman–Crippen LogP) is 1.38. The molecule has 0 aliphatic rings. The third kappa shape index (κ3) is 4.27. The van der Waals surface area contributed by atoms with Crippen molar-refractivity contribution >= 4 is 21.6 Å². The van der Waals surface area contributed by atoms with Gasteiger partial charge in [0.1, 0.15) is 5.82 Å². The van der Waals surface area contributed by atoms with Gasteiger partial charge in [0.2, 0.25) is 15.9 Å². The molecule has 1 aromatic carbocycles. The number of carbonyl (C=O) groups is 1. The van der Waals surface area contributed by atoms with Crippen LogP contribution < -0.4 is 10.5 Å². The first-order chi connectivity index (χ1) is 8.18. The number of hydrogen-bond donors (Lipinski definition) is 2. The summed E-state index contributed by atoms with van der Waals surface area (Å²) >= 11 is 0. The maximum atomic E-state index is 13.2. The van der Waals surface area contributed by atoms with Crippen LogP contribution in [0, 0.1) is 5.82 Å². The van der Waals surface area contributed by atoms with Crippen LogP contribution in [-0.2, 0) is 14.8 Å². The molecule has 0 saturated carbocycles. The summed E-state index contributed by atoms with van der Waals surface area (Å²) < 4.78 is 35.4. The van der Waals surface area contributed by atoms with Gasteiger partial charge in [0.05, 0.1) is 4.90 Å². The molecule has 1 rings (SSSR count). The number of hydrogen-bond acceptors (Lipinski definition) is 3. The Morgan fingerprint density at radius 3 is 2.44 bits per heavy atom. The minimum absolute atomic E-state index is 0.0292. The minimum atomic E-state index is -4.01. The van der Waals surface area contributed by atoms with Crippen LogP contribution in [0.1, 0.15) is 13.8 Å². The van der Waals surface area contributed by atoms with Crippen molar-refractivity contribution in [3.63, 3.8) is 0 Å². The van der Waals surface area contributed by atoms with Crippen molar-refractivity contribution in [1.29, 1.82) is 0 Å². The van der Waals surface area contributed by atoms with Gasteiger partial charge in [-0.3, -0.25) is 4.79 Å². The van der Waals surface area contributed by atoms with E-state index in [0.29, 0.717) is 0 Å². The summed E-state index contributed by atoms with van der Waals surface area (Å²) in [7, 11) is -4.01. The van der Waals surface area contributed by atoms with E-state index in [0.717, 1.165) is 23.8 Å². The summed E-state index contributed by atoms with van der Waals surface area (Å²) in [5.74, 6) is -1.27. The SMILES string of the molecule is CC(C)=CC(=O)Nc1cc(F)cc(S(N)(=O)=O)c1. The monoisotopic (exact) mass is 272 g/mol.